The van der Waals surface area contributed by atoms with E-state index in [9.17, 15) is 14.7 Å². The highest BCUT2D eigenvalue weighted by Crippen LogP contribution is 2.31. The highest BCUT2D eigenvalue weighted by molar-refractivity contribution is 7.09. The van der Waals surface area contributed by atoms with Gasteiger partial charge in [-0.2, -0.15) is 0 Å². The van der Waals surface area contributed by atoms with Crippen LogP contribution in [-0.2, 0) is 16.1 Å². The van der Waals surface area contributed by atoms with Crippen molar-refractivity contribution in [1.29, 1.82) is 0 Å². The molecule has 8 heteroatoms. The quantitative estimate of drug-likeness (QED) is 0.618. The Labute approximate surface area is 184 Å². The Hall–Kier alpha value is -3.07. The van der Waals surface area contributed by atoms with E-state index in [1.807, 2.05) is 37.3 Å². The molecule has 0 bridgehead atoms. The van der Waals surface area contributed by atoms with Crippen LogP contribution in [0.1, 0.15) is 32.6 Å². The zero-order chi connectivity index (χ0) is 21.8. The fourth-order valence-electron chi connectivity index (χ4n) is 3.60. The second kappa shape index (κ2) is 9.38. The van der Waals surface area contributed by atoms with Crippen molar-refractivity contribution in [2.45, 2.75) is 25.6 Å². The van der Waals surface area contributed by atoms with Gasteiger partial charge in [0.2, 0.25) is 5.91 Å². The van der Waals surface area contributed by atoms with E-state index in [-0.39, 0.29) is 25.0 Å². The fraction of sp³-hybridized carbons (Fsp3) is 0.261. The number of hydrogen-bond donors (Lipinski definition) is 2. The monoisotopic (exact) mass is 437 g/mol. The van der Waals surface area contributed by atoms with Crippen molar-refractivity contribution in [1.82, 2.24) is 9.88 Å². The molecule has 0 saturated carbocycles. The van der Waals surface area contributed by atoms with Gasteiger partial charge in [-0.05, 0) is 36.8 Å². The summed E-state index contributed by atoms with van der Waals surface area (Å²) in [6.45, 7) is 2.03. The van der Waals surface area contributed by atoms with Crippen LogP contribution in [0.25, 0.3) is 0 Å². The van der Waals surface area contributed by atoms with E-state index in [0.29, 0.717) is 17.8 Å². The number of aromatic nitrogens is 1. The van der Waals surface area contributed by atoms with E-state index in [4.69, 9.17) is 4.74 Å². The number of hydrogen-bond acceptors (Lipinski definition) is 6. The van der Waals surface area contributed by atoms with Gasteiger partial charge in [0.1, 0.15) is 12.7 Å². The Morgan fingerprint density at radius 1 is 1.23 bits per heavy atom. The number of carbonyl (C=O) groups is 2. The lowest BCUT2D eigenvalue weighted by Gasteiger charge is -2.40. The first kappa shape index (κ1) is 21.2. The zero-order valence-corrected chi connectivity index (χ0v) is 17.8. The standard InChI is InChI=1S/C23H23N3O4S/c1-15-20(31-14-24-15)11-26-19(12-27)22(30-13-21(26)28)16-7-9-18(10-8-16)25-23(29)17-5-3-2-4-6-17/h2-10,14,19,22,27H,11-13H2,1H3,(H,25,29)/t19-,22-/m1/s1. The maximum Gasteiger partial charge on any atom is 0.255 e. The molecule has 1 aliphatic rings. The van der Waals surface area contributed by atoms with E-state index >= 15 is 0 Å². The zero-order valence-electron chi connectivity index (χ0n) is 17.0. The Morgan fingerprint density at radius 2 is 1.97 bits per heavy atom. The Morgan fingerprint density at radius 3 is 2.61 bits per heavy atom. The van der Waals surface area contributed by atoms with Crippen LogP contribution < -0.4 is 5.32 Å². The maximum absolute atomic E-state index is 12.5. The molecule has 160 valence electrons. The van der Waals surface area contributed by atoms with Gasteiger partial charge < -0.3 is 20.1 Å². The topological polar surface area (TPSA) is 91.8 Å². The van der Waals surface area contributed by atoms with Crippen molar-refractivity contribution < 1.29 is 19.4 Å². The Kier molecular flexibility index (Phi) is 6.41. The molecule has 1 saturated heterocycles. The van der Waals surface area contributed by atoms with Crippen molar-refractivity contribution in [3.05, 3.63) is 81.8 Å². The molecule has 7 nitrogen and oxygen atoms in total. The molecular weight excluding hydrogens is 414 g/mol. The van der Waals surface area contributed by atoms with Gasteiger partial charge >= 0.3 is 0 Å². The first-order chi connectivity index (χ1) is 15.1. The van der Waals surface area contributed by atoms with E-state index in [1.165, 1.54) is 11.3 Å². The molecule has 2 aromatic carbocycles. The van der Waals surface area contributed by atoms with Crippen molar-refractivity contribution >= 4 is 28.8 Å². The van der Waals surface area contributed by atoms with Gasteiger partial charge in [0.05, 0.1) is 30.4 Å². The number of ether oxygens (including phenoxy) is 1. The third-order valence-electron chi connectivity index (χ3n) is 5.34. The van der Waals surface area contributed by atoms with Gasteiger partial charge in [-0.1, -0.05) is 30.3 Å². The Bertz CT molecular complexity index is 1050. The van der Waals surface area contributed by atoms with Crippen LogP contribution in [0, 0.1) is 6.92 Å². The molecule has 3 aromatic rings. The lowest BCUT2D eigenvalue weighted by molar-refractivity contribution is -0.161. The predicted molar refractivity (Wildman–Crippen MR) is 118 cm³/mol. The average molecular weight is 438 g/mol. The fourth-order valence-corrected chi connectivity index (χ4v) is 4.38. The molecule has 1 fully saturated rings. The summed E-state index contributed by atoms with van der Waals surface area (Å²) in [5, 5.41) is 12.9. The summed E-state index contributed by atoms with van der Waals surface area (Å²) < 4.78 is 5.80. The summed E-state index contributed by atoms with van der Waals surface area (Å²) in [5.74, 6) is -0.345. The SMILES string of the molecule is Cc1ncsc1CN1C(=O)CO[C@H](c2ccc(NC(=O)c3ccccc3)cc2)[C@H]1CO. The predicted octanol–water partition coefficient (Wildman–Crippen LogP) is 3.16. The van der Waals surface area contributed by atoms with E-state index in [0.717, 1.165) is 16.1 Å². The number of aliphatic hydroxyl groups excluding tert-OH is 1. The summed E-state index contributed by atoms with van der Waals surface area (Å²) in [4.78, 5) is 31.8. The molecule has 31 heavy (non-hydrogen) atoms. The smallest absolute Gasteiger partial charge is 0.255 e. The van der Waals surface area contributed by atoms with Crippen molar-refractivity contribution in [2.24, 2.45) is 0 Å². The van der Waals surface area contributed by atoms with Crippen LogP contribution in [0.2, 0.25) is 0 Å². The lowest BCUT2D eigenvalue weighted by atomic mass is 9.99. The molecule has 0 aliphatic carbocycles. The van der Waals surface area contributed by atoms with E-state index in [1.54, 1.807) is 34.7 Å². The number of aliphatic hydroxyl groups is 1. The minimum atomic E-state index is -0.507. The average Bonchev–Trinajstić information content (AvgIpc) is 3.20. The molecule has 2 heterocycles. The molecule has 2 atom stereocenters. The van der Waals surface area contributed by atoms with Gasteiger partial charge in [0.15, 0.2) is 0 Å². The molecule has 0 unspecified atom stereocenters. The minimum Gasteiger partial charge on any atom is -0.394 e. The molecular formula is C23H23N3O4S. The summed E-state index contributed by atoms with van der Waals surface area (Å²) in [5.41, 5.74) is 4.70. The van der Waals surface area contributed by atoms with Gasteiger partial charge in [0, 0.05) is 16.1 Å². The summed E-state index contributed by atoms with van der Waals surface area (Å²) >= 11 is 1.49. The maximum atomic E-state index is 12.5. The summed E-state index contributed by atoms with van der Waals surface area (Å²) in [7, 11) is 0. The van der Waals surface area contributed by atoms with E-state index in [2.05, 4.69) is 10.3 Å². The third-order valence-corrected chi connectivity index (χ3v) is 6.26. The van der Waals surface area contributed by atoms with Crippen LogP contribution in [0.4, 0.5) is 5.69 Å². The number of morpholine rings is 1. The minimum absolute atomic E-state index is 0.0501. The largest absolute Gasteiger partial charge is 0.394 e. The number of amides is 2. The first-order valence-electron chi connectivity index (χ1n) is 9.94. The van der Waals surface area contributed by atoms with Gasteiger partial charge in [-0.3, -0.25) is 9.59 Å². The number of thiazole rings is 1. The van der Waals surface area contributed by atoms with Crippen LogP contribution in [0.5, 0.6) is 0 Å². The highest BCUT2D eigenvalue weighted by Gasteiger charge is 2.37. The number of anilines is 1. The molecule has 0 spiro atoms. The Balaban J connectivity index is 1.49. The van der Waals surface area contributed by atoms with E-state index < -0.39 is 12.1 Å². The number of nitrogens with one attached hydrogen (secondary N) is 1. The van der Waals surface area contributed by atoms with Crippen LogP contribution in [0.3, 0.4) is 0 Å². The molecule has 2 amide bonds. The molecule has 2 N–H and O–H groups in total. The van der Waals surface area contributed by atoms with Gasteiger partial charge in [-0.15, -0.1) is 11.3 Å². The number of benzene rings is 2. The normalized spacial score (nSPS) is 18.8. The number of aryl methyl sites for hydroxylation is 1. The number of nitrogens with zero attached hydrogens (tertiary/aromatic N) is 2. The molecule has 4 rings (SSSR count). The molecule has 1 aliphatic heterocycles. The second-order valence-electron chi connectivity index (χ2n) is 7.31. The van der Waals surface area contributed by atoms with Crippen LogP contribution in [0.15, 0.2) is 60.1 Å². The summed E-state index contributed by atoms with van der Waals surface area (Å²) in [6.07, 6.45) is -0.463. The molecule has 0 radical (unpaired) electrons. The van der Waals surface area contributed by atoms with Gasteiger partial charge in [0.25, 0.3) is 5.91 Å². The van der Waals surface area contributed by atoms with Crippen molar-refractivity contribution in [2.75, 3.05) is 18.5 Å². The lowest BCUT2D eigenvalue weighted by Crippen LogP contribution is -2.52. The third kappa shape index (κ3) is 4.66. The van der Waals surface area contributed by atoms with Crippen molar-refractivity contribution in [3.63, 3.8) is 0 Å². The molecule has 1 aromatic heterocycles. The number of rotatable bonds is 6. The second-order valence-corrected chi connectivity index (χ2v) is 8.25. The first-order valence-corrected chi connectivity index (χ1v) is 10.8. The van der Waals surface area contributed by atoms with Crippen LogP contribution in [-0.4, -0.2) is 46.1 Å². The highest BCUT2D eigenvalue weighted by atomic mass is 32.1. The summed E-state index contributed by atoms with van der Waals surface area (Å²) in [6, 6.07) is 15.8. The number of carbonyl (C=O) groups excluding carboxylic acids is 2. The van der Waals surface area contributed by atoms with Crippen molar-refractivity contribution in [3.8, 4) is 0 Å². The van der Waals surface area contributed by atoms with Crippen LogP contribution >= 0.6 is 11.3 Å². The van der Waals surface area contributed by atoms with Gasteiger partial charge in [-0.25, -0.2) is 4.98 Å².